The van der Waals surface area contributed by atoms with Crippen LogP contribution in [0.2, 0.25) is 0 Å². The summed E-state index contributed by atoms with van der Waals surface area (Å²) in [6.45, 7) is 3.95. The molecule has 1 fully saturated rings. The number of benzene rings is 3. The Labute approximate surface area is 153 Å². The van der Waals surface area contributed by atoms with E-state index in [1.165, 1.54) is 5.56 Å². The first-order chi connectivity index (χ1) is 12.7. The van der Waals surface area contributed by atoms with Gasteiger partial charge < -0.3 is 10.0 Å². The molecule has 1 aliphatic heterocycles. The SMILES string of the molecule is O=C(c1cc2ccccc2cc1O)N1CCN(Cc2ccccc2)CC1. The molecule has 26 heavy (non-hydrogen) atoms. The van der Waals surface area contributed by atoms with E-state index in [-0.39, 0.29) is 11.7 Å². The third-order valence-electron chi connectivity index (χ3n) is 5.00. The van der Waals surface area contributed by atoms with Crippen LogP contribution in [0.1, 0.15) is 15.9 Å². The van der Waals surface area contributed by atoms with Gasteiger partial charge in [0.25, 0.3) is 5.91 Å². The van der Waals surface area contributed by atoms with Crippen molar-refractivity contribution in [2.24, 2.45) is 0 Å². The Hall–Kier alpha value is -2.85. The summed E-state index contributed by atoms with van der Waals surface area (Å²) in [4.78, 5) is 17.1. The number of amides is 1. The van der Waals surface area contributed by atoms with Crippen LogP contribution >= 0.6 is 0 Å². The Bertz CT molecular complexity index is 916. The molecule has 0 unspecified atom stereocenters. The van der Waals surface area contributed by atoms with Gasteiger partial charge in [-0.3, -0.25) is 9.69 Å². The number of piperazine rings is 1. The van der Waals surface area contributed by atoms with Gasteiger partial charge in [-0.25, -0.2) is 0 Å². The highest BCUT2D eigenvalue weighted by Gasteiger charge is 2.24. The fourth-order valence-electron chi connectivity index (χ4n) is 3.52. The van der Waals surface area contributed by atoms with Gasteiger partial charge in [0.05, 0.1) is 5.56 Å². The lowest BCUT2D eigenvalue weighted by Gasteiger charge is -2.35. The molecule has 0 atom stereocenters. The van der Waals surface area contributed by atoms with Gasteiger partial charge >= 0.3 is 0 Å². The van der Waals surface area contributed by atoms with Crippen LogP contribution in [0.5, 0.6) is 5.75 Å². The summed E-state index contributed by atoms with van der Waals surface area (Å²) < 4.78 is 0. The van der Waals surface area contributed by atoms with Crippen LogP contribution in [-0.4, -0.2) is 47.0 Å². The van der Waals surface area contributed by atoms with Crippen molar-refractivity contribution in [2.45, 2.75) is 6.54 Å². The number of carbonyl (C=O) groups is 1. The van der Waals surface area contributed by atoms with Gasteiger partial charge in [-0.2, -0.15) is 0 Å². The Morgan fingerprint density at radius 2 is 1.46 bits per heavy atom. The molecular weight excluding hydrogens is 324 g/mol. The van der Waals surface area contributed by atoms with Crippen LogP contribution < -0.4 is 0 Å². The molecule has 0 radical (unpaired) electrons. The van der Waals surface area contributed by atoms with Crippen LogP contribution in [0.4, 0.5) is 0 Å². The average Bonchev–Trinajstić information content (AvgIpc) is 2.68. The largest absolute Gasteiger partial charge is 0.507 e. The second-order valence-corrected chi connectivity index (χ2v) is 6.77. The third kappa shape index (κ3) is 3.41. The van der Waals surface area contributed by atoms with Gasteiger partial charge in [0, 0.05) is 32.7 Å². The molecule has 1 saturated heterocycles. The van der Waals surface area contributed by atoms with Crippen LogP contribution in [-0.2, 0) is 6.54 Å². The Morgan fingerprint density at radius 3 is 2.15 bits per heavy atom. The first-order valence-electron chi connectivity index (χ1n) is 8.98. The number of phenolic OH excluding ortho intramolecular Hbond substituents is 1. The third-order valence-corrected chi connectivity index (χ3v) is 5.00. The highest BCUT2D eigenvalue weighted by molar-refractivity contribution is 6.01. The standard InChI is InChI=1S/C22H22N2O2/c25-21-15-19-9-5-4-8-18(19)14-20(21)22(26)24-12-10-23(11-13-24)16-17-6-2-1-3-7-17/h1-9,14-15,25H,10-13,16H2. The predicted octanol–water partition coefficient (Wildman–Crippen LogP) is 3.50. The van der Waals surface area contributed by atoms with E-state index in [0.717, 1.165) is 30.4 Å². The van der Waals surface area contributed by atoms with Crippen molar-refractivity contribution in [1.82, 2.24) is 9.80 Å². The summed E-state index contributed by atoms with van der Waals surface area (Å²) in [6, 6.07) is 21.6. The number of hydrogen-bond donors (Lipinski definition) is 1. The van der Waals surface area contributed by atoms with E-state index in [9.17, 15) is 9.90 Å². The van der Waals surface area contributed by atoms with Gasteiger partial charge in [0.15, 0.2) is 0 Å². The van der Waals surface area contributed by atoms with Crippen molar-refractivity contribution in [2.75, 3.05) is 26.2 Å². The molecule has 0 spiro atoms. The number of fused-ring (bicyclic) bond motifs is 1. The van der Waals surface area contributed by atoms with E-state index in [4.69, 9.17) is 0 Å². The zero-order valence-corrected chi connectivity index (χ0v) is 14.6. The van der Waals surface area contributed by atoms with Crippen molar-refractivity contribution >= 4 is 16.7 Å². The minimum atomic E-state index is -0.0902. The van der Waals surface area contributed by atoms with E-state index in [0.29, 0.717) is 18.7 Å². The van der Waals surface area contributed by atoms with Gasteiger partial charge in [0.1, 0.15) is 5.75 Å². The quantitative estimate of drug-likeness (QED) is 0.789. The van der Waals surface area contributed by atoms with E-state index in [1.807, 2.05) is 35.2 Å². The molecule has 1 amide bonds. The lowest BCUT2D eigenvalue weighted by Crippen LogP contribution is -2.48. The van der Waals surface area contributed by atoms with Gasteiger partial charge in [-0.05, 0) is 28.5 Å². The highest BCUT2D eigenvalue weighted by atomic mass is 16.3. The van der Waals surface area contributed by atoms with Crippen molar-refractivity contribution in [3.05, 3.63) is 77.9 Å². The normalized spacial score (nSPS) is 15.3. The maximum absolute atomic E-state index is 12.9. The summed E-state index contributed by atoms with van der Waals surface area (Å²) >= 11 is 0. The summed E-state index contributed by atoms with van der Waals surface area (Å²) in [7, 11) is 0. The van der Waals surface area contributed by atoms with Crippen molar-refractivity contribution in [1.29, 1.82) is 0 Å². The molecule has 132 valence electrons. The number of nitrogens with zero attached hydrogens (tertiary/aromatic N) is 2. The number of phenols is 1. The first-order valence-corrected chi connectivity index (χ1v) is 8.98. The molecule has 3 aromatic rings. The Morgan fingerprint density at radius 1 is 0.846 bits per heavy atom. The first kappa shape index (κ1) is 16.6. The van der Waals surface area contributed by atoms with Gasteiger partial charge in [-0.15, -0.1) is 0 Å². The van der Waals surface area contributed by atoms with E-state index >= 15 is 0 Å². The monoisotopic (exact) mass is 346 g/mol. The Kier molecular flexibility index (Phi) is 4.59. The molecule has 4 heteroatoms. The zero-order valence-electron chi connectivity index (χ0n) is 14.6. The van der Waals surface area contributed by atoms with Crippen LogP contribution in [0.3, 0.4) is 0 Å². The molecule has 4 rings (SSSR count). The summed E-state index contributed by atoms with van der Waals surface area (Å²) in [5.41, 5.74) is 1.68. The lowest BCUT2D eigenvalue weighted by molar-refractivity contribution is 0.0626. The van der Waals surface area contributed by atoms with Crippen molar-refractivity contribution < 1.29 is 9.90 Å². The number of aromatic hydroxyl groups is 1. The molecule has 0 aromatic heterocycles. The minimum absolute atomic E-state index is 0.0559. The second kappa shape index (κ2) is 7.18. The molecule has 1 N–H and O–H groups in total. The molecule has 3 aromatic carbocycles. The molecule has 4 nitrogen and oxygen atoms in total. The van der Waals surface area contributed by atoms with E-state index in [1.54, 1.807) is 12.1 Å². The number of hydrogen-bond acceptors (Lipinski definition) is 3. The summed E-state index contributed by atoms with van der Waals surface area (Å²) in [6.07, 6.45) is 0. The maximum Gasteiger partial charge on any atom is 0.257 e. The molecular formula is C22H22N2O2. The fourth-order valence-corrected chi connectivity index (χ4v) is 3.52. The smallest absolute Gasteiger partial charge is 0.257 e. The Balaban J connectivity index is 1.44. The van der Waals surface area contributed by atoms with Crippen LogP contribution in [0.25, 0.3) is 10.8 Å². The van der Waals surface area contributed by atoms with E-state index < -0.39 is 0 Å². The topological polar surface area (TPSA) is 43.8 Å². The number of carbonyl (C=O) groups excluding carboxylic acids is 1. The molecule has 0 saturated carbocycles. The fraction of sp³-hybridized carbons (Fsp3) is 0.227. The zero-order chi connectivity index (χ0) is 17.9. The van der Waals surface area contributed by atoms with Crippen LogP contribution in [0, 0.1) is 0 Å². The van der Waals surface area contributed by atoms with Crippen molar-refractivity contribution in [3.8, 4) is 5.75 Å². The van der Waals surface area contributed by atoms with Crippen molar-refractivity contribution in [3.63, 3.8) is 0 Å². The molecule has 0 bridgehead atoms. The van der Waals surface area contributed by atoms with Gasteiger partial charge in [-0.1, -0.05) is 54.6 Å². The molecule has 0 aliphatic carbocycles. The second-order valence-electron chi connectivity index (χ2n) is 6.77. The maximum atomic E-state index is 12.9. The van der Waals surface area contributed by atoms with E-state index in [2.05, 4.69) is 29.2 Å². The molecule has 1 heterocycles. The van der Waals surface area contributed by atoms with Crippen LogP contribution in [0.15, 0.2) is 66.7 Å². The van der Waals surface area contributed by atoms with Gasteiger partial charge in [0.2, 0.25) is 0 Å². The summed E-state index contributed by atoms with van der Waals surface area (Å²) in [5, 5.41) is 12.2. The average molecular weight is 346 g/mol. The number of rotatable bonds is 3. The highest BCUT2D eigenvalue weighted by Crippen LogP contribution is 2.26. The minimum Gasteiger partial charge on any atom is -0.507 e. The summed E-state index contributed by atoms with van der Waals surface area (Å²) in [5.74, 6) is -0.0342. The molecule has 1 aliphatic rings. The predicted molar refractivity (Wildman–Crippen MR) is 103 cm³/mol. The lowest BCUT2D eigenvalue weighted by atomic mass is 10.0.